The van der Waals surface area contributed by atoms with E-state index >= 15 is 0 Å². The SMILES string of the molecule is CC1=C/CC/C=C(F)/C(C(=O)NC(C)CNC(=O)C(O)C(C)(C)CO)=C\1. The van der Waals surface area contributed by atoms with Gasteiger partial charge in [0.2, 0.25) is 5.91 Å². The Morgan fingerprint density at radius 3 is 2.54 bits per heavy atom. The van der Waals surface area contributed by atoms with Crippen molar-refractivity contribution in [2.45, 2.75) is 52.7 Å². The van der Waals surface area contributed by atoms with Crippen molar-refractivity contribution in [2.75, 3.05) is 13.2 Å². The van der Waals surface area contributed by atoms with Gasteiger partial charge in [0.1, 0.15) is 11.9 Å². The highest BCUT2D eigenvalue weighted by molar-refractivity contribution is 5.97. The fourth-order valence-electron chi connectivity index (χ4n) is 2.30. The Morgan fingerprint density at radius 2 is 1.92 bits per heavy atom. The molecule has 2 atom stereocenters. The number of hydrogen-bond donors (Lipinski definition) is 4. The molecule has 1 aliphatic carbocycles. The van der Waals surface area contributed by atoms with Gasteiger partial charge in [0, 0.05) is 18.0 Å². The fraction of sp³-hybridized carbons (Fsp3) is 0.579. The predicted molar refractivity (Wildman–Crippen MR) is 97.8 cm³/mol. The lowest BCUT2D eigenvalue weighted by molar-refractivity contribution is -0.137. The molecule has 1 aliphatic rings. The number of halogens is 1. The molecular weight excluding hydrogens is 339 g/mol. The lowest BCUT2D eigenvalue weighted by atomic mass is 9.87. The van der Waals surface area contributed by atoms with Gasteiger partial charge in [0.25, 0.3) is 5.91 Å². The van der Waals surface area contributed by atoms with Crippen LogP contribution in [0.4, 0.5) is 4.39 Å². The summed E-state index contributed by atoms with van der Waals surface area (Å²) < 4.78 is 14.1. The van der Waals surface area contributed by atoms with Crippen LogP contribution in [0.15, 0.2) is 35.2 Å². The summed E-state index contributed by atoms with van der Waals surface area (Å²) in [5.41, 5.74) is -0.204. The first kappa shape index (κ1) is 22.1. The van der Waals surface area contributed by atoms with Crippen LogP contribution in [0.5, 0.6) is 0 Å². The van der Waals surface area contributed by atoms with Gasteiger partial charge in [-0.1, -0.05) is 25.5 Å². The predicted octanol–water partition coefficient (Wildman–Crippen LogP) is 1.51. The van der Waals surface area contributed by atoms with Crippen molar-refractivity contribution >= 4 is 11.8 Å². The quantitative estimate of drug-likeness (QED) is 0.547. The third-order valence-electron chi connectivity index (χ3n) is 4.19. The van der Waals surface area contributed by atoms with Gasteiger partial charge in [-0.25, -0.2) is 4.39 Å². The molecule has 0 bridgehead atoms. The summed E-state index contributed by atoms with van der Waals surface area (Å²) >= 11 is 0. The van der Waals surface area contributed by atoms with E-state index in [1.54, 1.807) is 27.7 Å². The average Bonchev–Trinajstić information content (AvgIpc) is 2.58. The molecule has 6 nitrogen and oxygen atoms in total. The monoisotopic (exact) mass is 368 g/mol. The van der Waals surface area contributed by atoms with Crippen LogP contribution in [0.25, 0.3) is 0 Å². The molecule has 0 radical (unpaired) electrons. The number of aliphatic hydroxyl groups is 2. The van der Waals surface area contributed by atoms with Crippen LogP contribution < -0.4 is 10.6 Å². The van der Waals surface area contributed by atoms with Crippen LogP contribution in [-0.4, -0.2) is 47.3 Å². The van der Waals surface area contributed by atoms with Crippen LogP contribution in [0.2, 0.25) is 0 Å². The van der Waals surface area contributed by atoms with Gasteiger partial charge in [-0.3, -0.25) is 9.59 Å². The summed E-state index contributed by atoms with van der Waals surface area (Å²) in [6.07, 6.45) is 4.69. The second-order valence-corrected chi connectivity index (χ2v) is 7.30. The van der Waals surface area contributed by atoms with Crippen molar-refractivity contribution in [3.05, 3.63) is 35.2 Å². The molecular formula is C19H29FN2O4. The molecule has 146 valence electrons. The third kappa shape index (κ3) is 6.38. The largest absolute Gasteiger partial charge is 0.396 e. The van der Waals surface area contributed by atoms with E-state index < -0.39 is 35.2 Å². The molecule has 0 aromatic carbocycles. The minimum atomic E-state index is -1.38. The van der Waals surface area contributed by atoms with Crippen molar-refractivity contribution in [3.63, 3.8) is 0 Å². The standard InChI is InChI=1S/C19H29FN2O4/c1-12-7-5-6-8-15(20)14(9-12)17(25)22-13(2)10-21-18(26)16(24)19(3,4)11-23/h7-9,13,16,23-24H,5-6,10-11H2,1-4H3,(H,21,26)(H,22,25)/b12-7-,14-9+,15-8-. The molecule has 0 heterocycles. The molecule has 0 aromatic rings. The Kier molecular flexibility index (Phi) is 8.17. The molecule has 7 heteroatoms. The second-order valence-electron chi connectivity index (χ2n) is 7.30. The van der Waals surface area contributed by atoms with Gasteiger partial charge in [0.05, 0.1) is 12.2 Å². The summed E-state index contributed by atoms with van der Waals surface area (Å²) in [4.78, 5) is 24.3. The number of hydrogen-bond acceptors (Lipinski definition) is 4. The molecule has 0 saturated carbocycles. The van der Waals surface area contributed by atoms with E-state index in [4.69, 9.17) is 0 Å². The number of allylic oxidation sites excluding steroid dienone is 4. The van der Waals surface area contributed by atoms with Gasteiger partial charge in [-0.05, 0) is 38.8 Å². The highest BCUT2D eigenvalue weighted by Gasteiger charge is 2.33. The van der Waals surface area contributed by atoms with E-state index in [9.17, 15) is 24.2 Å². The van der Waals surface area contributed by atoms with Gasteiger partial charge >= 0.3 is 0 Å². The van der Waals surface area contributed by atoms with E-state index in [-0.39, 0.29) is 18.7 Å². The van der Waals surface area contributed by atoms with E-state index in [0.717, 1.165) is 12.0 Å². The average molecular weight is 368 g/mol. The van der Waals surface area contributed by atoms with Crippen molar-refractivity contribution in [1.82, 2.24) is 10.6 Å². The van der Waals surface area contributed by atoms with E-state index in [1.807, 2.05) is 6.08 Å². The summed E-state index contributed by atoms with van der Waals surface area (Å²) in [5, 5.41) is 24.3. The highest BCUT2D eigenvalue weighted by atomic mass is 19.1. The molecule has 0 aliphatic heterocycles. The number of rotatable bonds is 7. The first-order valence-corrected chi connectivity index (χ1v) is 8.70. The van der Waals surface area contributed by atoms with Crippen molar-refractivity contribution in [3.8, 4) is 0 Å². The Labute approximate surface area is 153 Å². The Balaban J connectivity index is 2.64. The van der Waals surface area contributed by atoms with Gasteiger partial charge in [-0.2, -0.15) is 0 Å². The number of aliphatic hydroxyl groups excluding tert-OH is 2. The first-order chi connectivity index (χ1) is 12.1. The summed E-state index contributed by atoms with van der Waals surface area (Å²) in [5.74, 6) is -1.77. The molecule has 1 rings (SSSR count). The topological polar surface area (TPSA) is 98.7 Å². The number of amides is 2. The van der Waals surface area contributed by atoms with Gasteiger partial charge in [0.15, 0.2) is 0 Å². The Bertz CT molecular complexity index is 623. The zero-order chi connectivity index (χ0) is 19.9. The smallest absolute Gasteiger partial charge is 0.254 e. The van der Waals surface area contributed by atoms with Crippen LogP contribution in [0, 0.1) is 5.41 Å². The maximum Gasteiger partial charge on any atom is 0.254 e. The van der Waals surface area contributed by atoms with Crippen LogP contribution in [-0.2, 0) is 9.59 Å². The lowest BCUT2D eigenvalue weighted by Crippen LogP contribution is -2.49. The van der Waals surface area contributed by atoms with Crippen LogP contribution in [0.1, 0.15) is 40.5 Å². The highest BCUT2D eigenvalue weighted by Crippen LogP contribution is 2.20. The molecule has 2 amide bonds. The fourth-order valence-corrected chi connectivity index (χ4v) is 2.30. The zero-order valence-electron chi connectivity index (χ0n) is 15.8. The molecule has 4 N–H and O–H groups in total. The second kappa shape index (κ2) is 9.64. The maximum atomic E-state index is 14.1. The molecule has 26 heavy (non-hydrogen) atoms. The molecule has 2 unspecified atom stereocenters. The van der Waals surface area contributed by atoms with Crippen molar-refractivity contribution in [1.29, 1.82) is 0 Å². The van der Waals surface area contributed by atoms with Crippen LogP contribution >= 0.6 is 0 Å². The molecule has 0 spiro atoms. The third-order valence-corrected chi connectivity index (χ3v) is 4.19. The number of nitrogens with one attached hydrogen (secondary N) is 2. The molecule has 0 aromatic heterocycles. The number of carbonyl (C=O) groups excluding carboxylic acids is 2. The van der Waals surface area contributed by atoms with Gasteiger partial charge in [-0.15, -0.1) is 0 Å². The van der Waals surface area contributed by atoms with Gasteiger partial charge < -0.3 is 20.8 Å². The van der Waals surface area contributed by atoms with E-state index in [1.165, 1.54) is 12.2 Å². The van der Waals surface area contributed by atoms with Crippen molar-refractivity contribution in [2.24, 2.45) is 5.41 Å². The van der Waals surface area contributed by atoms with Crippen molar-refractivity contribution < 1.29 is 24.2 Å². The molecule has 0 saturated heterocycles. The summed E-state index contributed by atoms with van der Waals surface area (Å²) in [7, 11) is 0. The zero-order valence-corrected chi connectivity index (χ0v) is 15.8. The molecule has 0 fully saturated rings. The summed E-state index contributed by atoms with van der Waals surface area (Å²) in [6, 6.07) is -0.473. The van der Waals surface area contributed by atoms with Crippen LogP contribution in [0.3, 0.4) is 0 Å². The van der Waals surface area contributed by atoms with E-state index in [2.05, 4.69) is 10.6 Å². The maximum absolute atomic E-state index is 14.1. The Hall–Kier alpha value is -1.99. The Morgan fingerprint density at radius 1 is 1.31 bits per heavy atom. The minimum absolute atomic E-state index is 0.0434. The number of carbonyl (C=O) groups is 2. The summed E-state index contributed by atoms with van der Waals surface area (Å²) in [6.45, 7) is 6.31. The first-order valence-electron chi connectivity index (χ1n) is 8.70. The van der Waals surface area contributed by atoms with E-state index in [0.29, 0.717) is 6.42 Å². The minimum Gasteiger partial charge on any atom is -0.396 e. The normalized spacial score (nSPS) is 23.7. The lowest BCUT2D eigenvalue weighted by Gasteiger charge is -2.27.